The highest BCUT2D eigenvalue weighted by Crippen LogP contribution is 2.37. The van der Waals surface area contributed by atoms with E-state index in [1.54, 1.807) is 0 Å². The van der Waals surface area contributed by atoms with Gasteiger partial charge in [0.25, 0.3) is 0 Å². The van der Waals surface area contributed by atoms with E-state index in [-0.39, 0.29) is 0 Å². The monoisotopic (exact) mass is 332 g/mol. The second kappa shape index (κ2) is 4.99. The zero-order valence-electron chi connectivity index (χ0n) is 14.1. The highest BCUT2D eigenvalue weighted by Gasteiger charge is 2.13. The van der Waals surface area contributed by atoms with Crippen LogP contribution in [0.3, 0.4) is 0 Å². The molecule has 0 aromatic heterocycles. The number of benzene rings is 4. The summed E-state index contributed by atoms with van der Waals surface area (Å²) >= 11 is 0. The van der Waals surface area contributed by atoms with E-state index in [2.05, 4.69) is 95.8 Å². The summed E-state index contributed by atoms with van der Waals surface area (Å²) in [7, 11) is 0. The quantitative estimate of drug-likeness (QED) is 0.366. The Bertz CT molecular complexity index is 1150. The molecular formula is C24H16N2. The van der Waals surface area contributed by atoms with Crippen molar-refractivity contribution >= 4 is 57.2 Å². The average molecular weight is 332 g/mol. The van der Waals surface area contributed by atoms with Crippen LogP contribution in [0.2, 0.25) is 0 Å². The van der Waals surface area contributed by atoms with Gasteiger partial charge in [-0.05, 0) is 45.2 Å². The number of hydrogen-bond donors (Lipinski definition) is 2. The van der Waals surface area contributed by atoms with Gasteiger partial charge in [0.05, 0.1) is 11.4 Å². The highest BCUT2D eigenvalue weighted by atomic mass is 15.4. The second-order valence-electron chi connectivity index (χ2n) is 6.86. The molecular weight excluding hydrogens is 316 g/mol. The maximum absolute atomic E-state index is 3.44. The summed E-state index contributed by atoms with van der Waals surface area (Å²) < 4.78 is 0. The number of hydrogen-bond acceptors (Lipinski definition) is 2. The Morgan fingerprint density at radius 2 is 0.846 bits per heavy atom. The number of anilines is 2. The number of nitrogens with one attached hydrogen (secondary N) is 2. The molecule has 4 aromatic rings. The molecule has 0 saturated carbocycles. The fourth-order valence-electron chi connectivity index (χ4n) is 4.19. The molecule has 2 heteroatoms. The predicted octanol–water partition coefficient (Wildman–Crippen LogP) is 6.40. The molecule has 0 bridgehead atoms. The molecule has 6 rings (SSSR count). The molecule has 2 aliphatic rings. The molecule has 0 spiro atoms. The lowest BCUT2D eigenvalue weighted by Gasteiger charge is -2.15. The molecule has 0 heterocycles. The van der Waals surface area contributed by atoms with E-state index in [0.717, 1.165) is 11.4 Å². The van der Waals surface area contributed by atoms with Gasteiger partial charge in [-0.3, -0.25) is 0 Å². The van der Waals surface area contributed by atoms with E-state index >= 15 is 0 Å². The van der Waals surface area contributed by atoms with Crippen molar-refractivity contribution in [2.24, 2.45) is 0 Å². The largest absolute Gasteiger partial charge is 0.300 e. The molecule has 122 valence electrons. The molecule has 0 radical (unpaired) electrons. The molecule has 0 amide bonds. The Morgan fingerprint density at radius 3 is 1.31 bits per heavy atom. The van der Waals surface area contributed by atoms with Crippen LogP contribution in [0.1, 0.15) is 22.3 Å². The SMILES string of the molecule is C1=Cc2ccc(NNc3ccc4c5c(cccc35)C=C4)c3cccc1c23. The third-order valence-corrected chi connectivity index (χ3v) is 5.43. The maximum Gasteiger partial charge on any atom is 0.0618 e. The summed E-state index contributed by atoms with van der Waals surface area (Å²) in [5.74, 6) is 0. The number of rotatable bonds is 3. The third-order valence-electron chi connectivity index (χ3n) is 5.43. The molecule has 2 aliphatic carbocycles. The van der Waals surface area contributed by atoms with Crippen molar-refractivity contribution in [3.8, 4) is 0 Å². The summed E-state index contributed by atoms with van der Waals surface area (Å²) in [6.07, 6.45) is 8.74. The first-order chi connectivity index (χ1) is 12.9. The smallest absolute Gasteiger partial charge is 0.0618 e. The molecule has 4 aromatic carbocycles. The lowest BCUT2D eigenvalue weighted by Crippen LogP contribution is -2.09. The molecule has 2 nitrogen and oxygen atoms in total. The first-order valence-corrected chi connectivity index (χ1v) is 8.88. The van der Waals surface area contributed by atoms with Crippen LogP contribution in [0.5, 0.6) is 0 Å². The predicted molar refractivity (Wildman–Crippen MR) is 113 cm³/mol. The third kappa shape index (κ3) is 1.81. The minimum absolute atomic E-state index is 1.09. The van der Waals surface area contributed by atoms with Crippen LogP contribution in [0.4, 0.5) is 11.4 Å². The zero-order chi connectivity index (χ0) is 17.1. The summed E-state index contributed by atoms with van der Waals surface area (Å²) in [4.78, 5) is 0. The number of hydrazine groups is 1. The average Bonchev–Trinajstić information content (AvgIpc) is 3.30. The minimum Gasteiger partial charge on any atom is -0.300 e. The summed E-state index contributed by atoms with van der Waals surface area (Å²) in [5.41, 5.74) is 14.2. The van der Waals surface area contributed by atoms with Gasteiger partial charge < -0.3 is 10.9 Å². The Kier molecular flexibility index (Phi) is 2.64. The van der Waals surface area contributed by atoms with Crippen LogP contribution in [-0.2, 0) is 0 Å². The molecule has 0 saturated heterocycles. The highest BCUT2D eigenvalue weighted by molar-refractivity contribution is 6.11. The molecule has 0 unspecified atom stereocenters. The molecule has 2 N–H and O–H groups in total. The Labute approximate surface area is 151 Å². The van der Waals surface area contributed by atoms with Crippen molar-refractivity contribution in [1.29, 1.82) is 0 Å². The van der Waals surface area contributed by atoms with Gasteiger partial charge in [-0.25, -0.2) is 0 Å². The minimum atomic E-state index is 1.09. The second-order valence-corrected chi connectivity index (χ2v) is 6.86. The van der Waals surface area contributed by atoms with Crippen LogP contribution < -0.4 is 10.9 Å². The first-order valence-electron chi connectivity index (χ1n) is 8.88. The van der Waals surface area contributed by atoms with Gasteiger partial charge in [0.2, 0.25) is 0 Å². The summed E-state index contributed by atoms with van der Waals surface area (Å²) in [5, 5.41) is 5.13. The Morgan fingerprint density at radius 1 is 0.423 bits per heavy atom. The summed E-state index contributed by atoms with van der Waals surface area (Å²) in [6, 6.07) is 21.6. The first kappa shape index (κ1) is 13.7. The van der Waals surface area contributed by atoms with Crippen molar-refractivity contribution in [1.82, 2.24) is 0 Å². The van der Waals surface area contributed by atoms with Crippen molar-refractivity contribution in [2.75, 3.05) is 10.9 Å². The Balaban J connectivity index is 1.42. The maximum atomic E-state index is 3.44. The van der Waals surface area contributed by atoms with Crippen molar-refractivity contribution < 1.29 is 0 Å². The van der Waals surface area contributed by atoms with Gasteiger partial charge in [-0.1, -0.05) is 72.8 Å². The molecule has 0 atom stereocenters. The van der Waals surface area contributed by atoms with Gasteiger partial charge in [-0.2, -0.15) is 0 Å². The van der Waals surface area contributed by atoms with Gasteiger partial charge in [0.1, 0.15) is 0 Å². The van der Waals surface area contributed by atoms with Gasteiger partial charge in [-0.15, -0.1) is 0 Å². The fourth-order valence-corrected chi connectivity index (χ4v) is 4.19. The van der Waals surface area contributed by atoms with Gasteiger partial charge in [0, 0.05) is 10.8 Å². The molecule has 0 aliphatic heterocycles. The lowest BCUT2D eigenvalue weighted by atomic mass is 10.0. The fraction of sp³-hybridized carbons (Fsp3) is 0. The van der Waals surface area contributed by atoms with E-state index in [4.69, 9.17) is 0 Å². The standard InChI is InChI=1S/C24H16N2/c1-3-15-7-9-17-11-13-21(19(5-1)23(15)17)25-26-22-14-12-18-10-8-16-4-2-6-20(22)24(16)18/h1-14,25-26H. The van der Waals surface area contributed by atoms with Crippen LogP contribution in [-0.4, -0.2) is 0 Å². The topological polar surface area (TPSA) is 24.1 Å². The van der Waals surface area contributed by atoms with E-state index < -0.39 is 0 Å². The van der Waals surface area contributed by atoms with Gasteiger partial charge in [0.15, 0.2) is 0 Å². The van der Waals surface area contributed by atoms with Crippen LogP contribution in [0.15, 0.2) is 60.7 Å². The van der Waals surface area contributed by atoms with E-state index in [1.807, 2.05) is 0 Å². The van der Waals surface area contributed by atoms with Crippen LogP contribution in [0, 0.1) is 0 Å². The van der Waals surface area contributed by atoms with Gasteiger partial charge >= 0.3 is 0 Å². The normalized spacial score (nSPS) is 13.1. The van der Waals surface area contributed by atoms with E-state index in [0.29, 0.717) is 0 Å². The lowest BCUT2D eigenvalue weighted by molar-refractivity contribution is 1.44. The zero-order valence-corrected chi connectivity index (χ0v) is 14.1. The van der Waals surface area contributed by atoms with Crippen molar-refractivity contribution in [3.63, 3.8) is 0 Å². The van der Waals surface area contributed by atoms with E-state index in [1.165, 1.54) is 43.8 Å². The van der Waals surface area contributed by atoms with Crippen LogP contribution >= 0.6 is 0 Å². The van der Waals surface area contributed by atoms with Crippen molar-refractivity contribution in [2.45, 2.75) is 0 Å². The Hall–Kier alpha value is -3.52. The molecule has 26 heavy (non-hydrogen) atoms. The van der Waals surface area contributed by atoms with Crippen LogP contribution in [0.25, 0.3) is 45.8 Å². The van der Waals surface area contributed by atoms with E-state index in [9.17, 15) is 0 Å². The molecule has 0 fully saturated rings. The summed E-state index contributed by atoms with van der Waals surface area (Å²) in [6.45, 7) is 0. The van der Waals surface area contributed by atoms with Crippen molar-refractivity contribution in [3.05, 3.63) is 82.9 Å².